The van der Waals surface area contributed by atoms with E-state index >= 15 is 0 Å². The number of allylic oxidation sites excluding steroid dienone is 1. The third-order valence-electron chi connectivity index (χ3n) is 1.36. The highest BCUT2D eigenvalue weighted by Gasteiger charge is 2.04. The van der Waals surface area contributed by atoms with E-state index in [9.17, 15) is 0 Å². The molecule has 0 bridgehead atoms. The van der Waals surface area contributed by atoms with Crippen LogP contribution in [0.25, 0.3) is 0 Å². The van der Waals surface area contributed by atoms with Gasteiger partial charge in [0.25, 0.3) is 0 Å². The first-order valence-corrected chi connectivity index (χ1v) is 3.61. The van der Waals surface area contributed by atoms with Gasteiger partial charge < -0.3 is 9.52 Å². The molecule has 0 fully saturated rings. The van der Waals surface area contributed by atoms with Crippen molar-refractivity contribution in [1.82, 2.24) is 0 Å². The van der Waals surface area contributed by atoms with Crippen LogP contribution < -0.4 is 0 Å². The van der Waals surface area contributed by atoms with Crippen molar-refractivity contribution < 1.29 is 9.52 Å². The maximum Gasteiger partial charge on any atom is 0.132 e. The molecule has 0 spiro atoms. The van der Waals surface area contributed by atoms with Crippen molar-refractivity contribution >= 4 is 11.6 Å². The fourth-order valence-corrected chi connectivity index (χ4v) is 1.01. The number of hydrogen-bond donors (Lipinski definition) is 1. The topological polar surface area (TPSA) is 33.4 Å². The van der Waals surface area contributed by atoms with Crippen molar-refractivity contribution in [3.05, 3.63) is 35.3 Å². The Morgan fingerprint density at radius 1 is 1.73 bits per heavy atom. The summed E-state index contributed by atoms with van der Waals surface area (Å²) < 4.78 is 4.96. The SMILES string of the molecule is C=C(Cl)Cc1ccoc1CO. The van der Waals surface area contributed by atoms with Gasteiger partial charge in [-0.15, -0.1) is 0 Å². The Kier molecular flexibility index (Phi) is 2.74. The highest BCUT2D eigenvalue weighted by Crippen LogP contribution is 2.15. The second-order valence-electron chi connectivity index (χ2n) is 2.22. The fraction of sp³-hybridized carbons (Fsp3) is 0.250. The summed E-state index contributed by atoms with van der Waals surface area (Å²) in [6.45, 7) is 3.46. The van der Waals surface area contributed by atoms with E-state index in [1.807, 2.05) is 0 Å². The molecule has 3 heteroatoms. The van der Waals surface area contributed by atoms with Gasteiger partial charge >= 0.3 is 0 Å². The average Bonchev–Trinajstić information content (AvgIpc) is 2.34. The molecule has 0 atom stereocenters. The highest BCUT2D eigenvalue weighted by molar-refractivity contribution is 6.29. The molecule has 0 aromatic carbocycles. The van der Waals surface area contributed by atoms with E-state index in [0.717, 1.165) is 5.56 Å². The maximum atomic E-state index is 8.75. The number of rotatable bonds is 3. The predicted octanol–water partition coefficient (Wildman–Crippen LogP) is 2.07. The first-order valence-electron chi connectivity index (χ1n) is 3.23. The number of aliphatic hydroxyl groups is 1. The second kappa shape index (κ2) is 3.60. The van der Waals surface area contributed by atoms with E-state index < -0.39 is 0 Å². The largest absolute Gasteiger partial charge is 0.467 e. The molecule has 1 rings (SSSR count). The summed E-state index contributed by atoms with van der Waals surface area (Å²) in [5.74, 6) is 0.562. The van der Waals surface area contributed by atoms with Crippen LogP contribution in [0.15, 0.2) is 28.4 Å². The Morgan fingerprint density at radius 3 is 3.00 bits per heavy atom. The first kappa shape index (κ1) is 8.37. The monoisotopic (exact) mass is 172 g/mol. The summed E-state index contributed by atoms with van der Waals surface area (Å²) >= 11 is 5.58. The minimum Gasteiger partial charge on any atom is -0.467 e. The third-order valence-corrected chi connectivity index (χ3v) is 1.50. The smallest absolute Gasteiger partial charge is 0.132 e. The van der Waals surface area contributed by atoms with Crippen LogP contribution in [0.5, 0.6) is 0 Å². The molecule has 1 heterocycles. The molecule has 0 amide bonds. The average molecular weight is 173 g/mol. The van der Waals surface area contributed by atoms with Gasteiger partial charge in [-0.25, -0.2) is 0 Å². The third kappa shape index (κ3) is 2.10. The predicted molar refractivity (Wildman–Crippen MR) is 43.3 cm³/mol. The normalized spacial score (nSPS) is 10.0. The lowest BCUT2D eigenvalue weighted by Gasteiger charge is -1.96. The molecule has 1 aromatic rings. The molecule has 1 N–H and O–H groups in total. The zero-order valence-corrected chi connectivity index (χ0v) is 6.77. The molecule has 0 radical (unpaired) electrons. The highest BCUT2D eigenvalue weighted by atomic mass is 35.5. The van der Waals surface area contributed by atoms with Gasteiger partial charge in [0.2, 0.25) is 0 Å². The van der Waals surface area contributed by atoms with Crippen molar-refractivity contribution in [2.75, 3.05) is 0 Å². The van der Waals surface area contributed by atoms with Gasteiger partial charge in [0.15, 0.2) is 0 Å². The van der Waals surface area contributed by atoms with Crippen molar-refractivity contribution in [1.29, 1.82) is 0 Å². The van der Waals surface area contributed by atoms with Crippen molar-refractivity contribution in [2.24, 2.45) is 0 Å². The van der Waals surface area contributed by atoms with E-state index in [-0.39, 0.29) is 6.61 Å². The van der Waals surface area contributed by atoms with E-state index in [1.165, 1.54) is 6.26 Å². The number of aliphatic hydroxyl groups excluding tert-OH is 1. The lowest BCUT2D eigenvalue weighted by Crippen LogP contribution is -1.88. The van der Waals surface area contributed by atoms with Crippen LogP contribution in [-0.2, 0) is 13.0 Å². The quantitative estimate of drug-likeness (QED) is 0.757. The first-order chi connectivity index (χ1) is 5.24. The molecule has 0 aliphatic rings. The molecule has 11 heavy (non-hydrogen) atoms. The van der Waals surface area contributed by atoms with Gasteiger partial charge in [0.05, 0.1) is 6.26 Å². The number of halogens is 1. The lowest BCUT2D eigenvalue weighted by molar-refractivity contribution is 0.246. The molecule has 60 valence electrons. The molecule has 1 aromatic heterocycles. The zero-order valence-electron chi connectivity index (χ0n) is 6.01. The second-order valence-corrected chi connectivity index (χ2v) is 2.76. The van der Waals surface area contributed by atoms with E-state index in [1.54, 1.807) is 6.07 Å². The van der Waals surface area contributed by atoms with Crippen LogP contribution in [0.1, 0.15) is 11.3 Å². The van der Waals surface area contributed by atoms with Gasteiger partial charge in [-0.3, -0.25) is 0 Å². The van der Waals surface area contributed by atoms with Crippen LogP contribution in [0.3, 0.4) is 0 Å². The van der Waals surface area contributed by atoms with Gasteiger partial charge in [0, 0.05) is 17.0 Å². The molecule has 0 unspecified atom stereocenters. The summed E-state index contributed by atoms with van der Waals surface area (Å²) in [6, 6.07) is 1.78. The van der Waals surface area contributed by atoms with Gasteiger partial charge in [-0.2, -0.15) is 0 Å². The Labute approximate surface area is 70.1 Å². The van der Waals surface area contributed by atoms with Crippen molar-refractivity contribution in [3.8, 4) is 0 Å². The molecular weight excluding hydrogens is 164 g/mol. The summed E-state index contributed by atoms with van der Waals surface area (Å²) in [5.41, 5.74) is 0.896. The fourth-order valence-electron chi connectivity index (χ4n) is 0.870. The van der Waals surface area contributed by atoms with Crippen molar-refractivity contribution in [3.63, 3.8) is 0 Å². The molecule has 0 saturated heterocycles. The van der Waals surface area contributed by atoms with E-state index in [0.29, 0.717) is 17.2 Å². The minimum atomic E-state index is -0.0908. The van der Waals surface area contributed by atoms with Crippen LogP contribution in [-0.4, -0.2) is 5.11 Å². The van der Waals surface area contributed by atoms with Crippen LogP contribution in [0, 0.1) is 0 Å². The Morgan fingerprint density at radius 2 is 2.45 bits per heavy atom. The molecule has 0 aliphatic carbocycles. The molecule has 2 nitrogen and oxygen atoms in total. The minimum absolute atomic E-state index is 0.0908. The van der Waals surface area contributed by atoms with Gasteiger partial charge in [-0.05, 0) is 6.07 Å². The summed E-state index contributed by atoms with van der Waals surface area (Å²) in [5, 5.41) is 9.30. The summed E-state index contributed by atoms with van der Waals surface area (Å²) in [7, 11) is 0. The van der Waals surface area contributed by atoms with Crippen LogP contribution in [0.2, 0.25) is 0 Å². The Balaban J connectivity index is 2.76. The van der Waals surface area contributed by atoms with Gasteiger partial charge in [0.1, 0.15) is 12.4 Å². The van der Waals surface area contributed by atoms with Crippen molar-refractivity contribution in [2.45, 2.75) is 13.0 Å². The summed E-state index contributed by atoms with van der Waals surface area (Å²) in [6.07, 6.45) is 2.08. The van der Waals surface area contributed by atoms with Crippen LogP contribution in [0.4, 0.5) is 0 Å². The standard InChI is InChI=1S/C8H9ClO2/c1-6(9)4-7-2-3-11-8(7)5-10/h2-3,10H,1,4-5H2. The maximum absolute atomic E-state index is 8.75. The molecule has 0 aliphatic heterocycles. The Hall–Kier alpha value is -0.730. The lowest BCUT2D eigenvalue weighted by atomic mass is 10.2. The van der Waals surface area contributed by atoms with Crippen LogP contribution >= 0.6 is 11.6 Å². The number of furan rings is 1. The zero-order chi connectivity index (χ0) is 8.27. The van der Waals surface area contributed by atoms with Gasteiger partial charge in [-0.1, -0.05) is 18.2 Å². The van der Waals surface area contributed by atoms with E-state index in [4.69, 9.17) is 21.1 Å². The Bertz CT molecular complexity index is 252. The van der Waals surface area contributed by atoms with E-state index in [2.05, 4.69) is 6.58 Å². The number of hydrogen-bond acceptors (Lipinski definition) is 2. The molecule has 0 saturated carbocycles. The summed E-state index contributed by atoms with van der Waals surface area (Å²) in [4.78, 5) is 0. The molecular formula is C8H9ClO2.